The van der Waals surface area contributed by atoms with Crippen LogP contribution in [0, 0.1) is 36.0 Å². The Morgan fingerprint density at radius 3 is 1.06 bits per heavy atom. The van der Waals surface area contributed by atoms with Gasteiger partial charge in [0.2, 0.25) is 0 Å². The van der Waals surface area contributed by atoms with Gasteiger partial charge in [-0.05, 0) is 251 Å². The maximum atomic E-state index is 13.5. The van der Waals surface area contributed by atoms with Crippen molar-refractivity contribution >= 4 is 99.2 Å². The molecule has 0 aliphatic carbocycles. The topological polar surface area (TPSA) is 474 Å². The number of nitrogens with one attached hydrogen (secondary N) is 1. The number of halogens is 1. The lowest BCUT2D eigenvalue weighted by Gasteiger charge is -2.28. The SMILES string of the molecule is C#Cc1nc(-c2ccc(S(=O)(=O)C(C)C)cc2)cnc1N(C(=O)OC(C)(C)C)C(=O)OC(C)(C)C.CC(C)S(=O)(=O)c1ccc(-c2cnc(N(C(=O)OC(C)(C)C)C(=O)OC(C)(C)C)c(C#Cc3ccc(C(O)CNC(=O)OC(C)(C)C)cc3)n2)cc1.CC(C)S(=O)(=O)c1ccc(-c2cnc(N)c(C#Cc3ccc(C(O)CN)cc3)n2)cc1.Nc1cnc(Br)cn1. The van der Waals surface area contributed by atoms with Crippen molar-refractivity contribution in [2.24, 2.45) is 5.73 Å². The molecule has 670 valence electrons. The number of carbonyl (C=O) groups is 5. The van der Waals surface area contributed by atoms with Gasteiger partial charge in [-0.25, -0.2) is 89.1 Å². The molecule has 2 unspecified atom stereocenters. The second-order valence-electron chi connectivity index (χ2n) is 33.6. The van der Waals surface area contributed by atoms with E-state index in [0.717, 1.165) is 11.1 Å². The van der Waals surface area contributed by atoms with Crippen LogP contribution in [-0.2, 0) is 53.2 Å². The van der Waals surface area contributed by atoms with Gasteiger partial charge in [0.05, 0.1) is 97.3 Å². The van der Waals surface area contributed by atoms with E-state index in [4.69, 9.17) is 47.3 Å². The molecule has 0 bridgehead atoms. The lowest BCUT2D eigenvalue weighted by molar-refractivity contribution is 0.0406. The summed E-state index contributed by atoms with van der Waals surface area (Å²) in [6, 6.07) is 32.4. The first kappa shape index (κ1) is 102. The molecule has 4 heterocycles. The molecule has 0 saturated heterocycles. The van der Waals surface area contributed by atoms with Gasteiger partial charge >= 0.3 is 30.5 Å². The number of hydrogen-bond acceptors (Lipinski definition) is 29. The first-order valence-electron chi connectivity index (χ1n) is 39.2. The highest BCUT2D eigenvalue weighted by Crippen LogP contribution is 2.32. The Morgan fingerprint density at radius 2 is 0.746 bits per heavy atom. The molecule has 0 spiro atoms. The first-order valence-corrected chi connectivity index (χ1v) is 44.6. The van der Waals surface area contributed by atoms with Crippen LogP contribution in [0.15, 0.2) is 172 Å². The molecule has 2 atom stereocenters. The zero-order chi connectivity index (χ0) is 94.6. The minimum absolute atomic E-state index is 0.0821. The quantitative estimate of drug-likeness (QED) is 0.0386. The highest BCUT2D eigenvalue weighted by Gasteiger charge is 2.38. The van der Waals surface area contributed by atoms with Gasteiger partial charge < -0.3 is 56.4 Å². The number of aromatic nitrogens is 8. The summed E-state index contributed by atoms with van der Waals surface area (Å²) in [7, 11) is -10.3. The highest BCUT2D eigenvalue weighted by atomic mass is 79.9. The molecule has 0 saturated carbocycles. The fourth-order valence-electron chi connectivity index (χ4n) is 10.1. The van der Waals surface area contributed by atoms with E-state index in [1.54, 1.807) is 249 Å². The van der Waals surface area contributed by atoms with Crippen LogP contribution in [0.3, 0.4) is 0 Å². The van der Waals surface area contributed by atoms with Crippen LogP contribution in [0.1, 0.15) is 197 Å². The number of carbonyl (C=O) groups excluding carboxylic acids is 5. The predicted octanol–water partition coefficient (Wildman–Crippen LogP) is 15.1. The lowest BCUT2D eigenvalue weighted by Crippen LogP contribution is -2.44. The smallest absolute Gasteiger partial charge is 0.425 e. The Morgan fingerprint density at radius 1 is 0.429 bits per heavy atom. The number of imide groups is 2. The van der Waals surface area contributed by atoms with Crippen LogP contribution in [0.4, 0.5) is 47.2 Å². The Labute approximate surface area is 745 Å². The number of nitrogens with two attached hydrogens (primary N) is 3. The van der Waals surface area contributed by atoms with Gasteiger partial charge in [-0.1, -0.05) is 72.5 Å². The Hall–Kier alpha value is -12.3. The number of nitrogen functional groups attached to an aromatic ring is 2. The van der Waals surface area contributed by atoms with Crippen molar-refractivity contribution < 1.29 is 83.1 Å². The molecule has 4 aromatic heterocycles. The van der Waals surface area contributed by atoms with E-state index < -0.39 is 116 Å². The van der Waals surface area contributed by atoms with Gasteiger partial charge in [0.25, 0.3) is 0 Å². The maximum Gasteiger partial charge on any atom is 0.425 e. The largest absolute Gasteiger partial charge is 0.444 e. The number of terminal acetylenes is 1. The summed E-state index contributed by atoms with van der Waals surface area (Å²) < 4.78 is 102. The Balaban J connectivity index is 0.000000288. The molecule has 5 amide bonds. The molecular weight excluding hydrogens is 1740 g/mol. The van der Waals surface area contributed by atoms with Gasteiger partial charge in [-0.15, -0.1) is 6.42 Å². The average molecular weight is 1850 g/mol. The van der Waals surface area contributed by atoms with E-state index in [-0.39, 0.29) is 62.3 Å². The van der Waals surface area contributed by atoms with Crippen molar-refractivity contribution in [2.75, 3.05) is 34.4 Å². The van der Waals surface area contributed by atoms with E-state index in [2.05, 4.69) is 90.7 Å². The third-order valence-corrected chi connectivity index (χ3v) is 23.3. The molecular formula is C90H107BrN14O18S3. The molecule has 5 aromatic carbocycles. The third kappa shape index (κ3) is 30.8. The first-order chi connectivity index (χ1) is 58.3. The second-order valence-corrected chi connectivity index (χ2v) is 41.9. The van der Waals surface area contributed by atoms with Crippen molar-refractivity contribution in [3.63, 3.8) is 0 Å². The molecule has 9 rings (SSSR count). The number of anilines is 4. The van der Waals surface area contributed by atoms with Crippen molar-refractivity contribution in [1.82, 2.24) is 45.2 Å². The van der Waals surface area contributed by atoms with Gasteiger partial charge in [0.1, 0.15) is 38.4 Å². The molecule has 126 heavy (non-hydrogen) atoms. The number of ether oxygens (including phenoxy) is 5. The van der Waals surface area contributed by atoms with Gasteiger partial charge in [-0.3, -0.25) is 0 Å². The summed E-state index contributed by atoms with van der Waals surface area (Å²) >= 11 is 3.12. The summed E-state index contributed by atoms with van der Waals surface area (Å²) in [4.78, 5) is 100. The molecule has 32 nitrogen and oxygen atoms in total. The second kappa shape index (κ2) is 43.0. The molecule has 9 aromatic rings. The number of alkyl carbamates (subject to hydrolysis) is 1. The standard InChI is InChI=1S/C38H48N4O9S.C25H31N3O6S.C23H24N4O3S.C4H4BrN3/c1-24(2)52(47,48)28-19-17-26(18-20-28)30-22-39-32(42(34(45)50-37(6,7)8)35(46)51-38(9,10)11)29(41-30)21-14-25-12-15-27(16-13-25)31(43)23-40-33(44)49-36(3,4)5;1-10-19-21(28(22(29)33-24(4,5)6)23(30)34-25(7,8)9)26-15-20(27-19)17-11-13-18(14-12-17)35(31,32)16(2)3;1-15(2)31(29,30)19-10-8-17(9-11-19)21-14-26-23(25)20(27-21)12-5-16-3-6-18(7-4-16)22(28)13-24;5-3-1-8-4(6)2-7-3/h12-13,15-20,22,24,31,43H,23H2,1-11H3,(H,40,44);1,11-16H,2-9H3;3-4,6-11,14-15,22,28H,13,24H2,1-2H3,(H2,25,26);1-2H,(H2,6,8). The highest BCUT2D eigenvalue weighted by molar-refractivity contribution is 9.10. The number of benzene rings is 5. The van der Waals surface area contributed by atoms with Gasteiger partial charge in [-0.2, -0.15) is 9.80 Å². The molecule has 0 aliphatic rings. The Kier molecular flexibility index (Phi) is 35.0. The summed E-state index contributed by atoms with van der Waals surface area (Å²) in [5.74, 6) is 14.3. The minimum atomic E-state index is -3.52. The fraction of sp³-hybridized carbons (Fsp3) is 0.367. The number of aliphatic hydroxyl groups is 2. The predicted molar refractivity (Wildman–Crippen MR) is 484 cm³/mol. The maximum absolute atomic E-state index is 13.5. The number of aliphatic hydroxyl groups excluding tert-OH is 2. The van der Waals surface area contributed by atoms with Crippen LogP contribution >= 0.6 is 15.9 Å². The van der Waals surface area contributed by atoms with E-state index in [9.17, 15) is 59.4 Å². The zero-order valence-corrected chi connectivity index (χ0v) is 78.1. The Bertz CT molecular complexity index is 5810. The zero-order valence-electron chi connectivity index (χ0n) is 74.0. The van der Waals surface area contributed by atoms with Crippen molar-refractivity contribution in [2.45, 2.75) is 216 Å². The molecule has 0 radical (unpaired) electrons. The normalized spacial score (nSPS) is 12.2. The van der Waals surface area contributed by atoms with Crippen molar-refractivity contribution in [3.05, 3.63) is 196 Å². The number of rotatable bonds is 16. The summed E-state index contributed by atoms with van der Waals surface area (Å²) in [6.45, 7) is 34.7. The van der Waals surface area contributed by atoms with Crippen molar-refractivity contribution in [1.29, 1.82) is 0 Å². The van der Waals surface area contributed by atoms with Crippen LogP contribution < -0.4 is 32.3 Å². The minimum Gasteiger partial charge on any atom is -0.444 e. The number of hydrogen-bond donors (Lipinski definition) is 6. The number of amides is 5. The molecule has 9 N–H and O–H groups in total. The average Bonchev–Trinajstić information content (AvgIpc) is 0.790. The van der Waals surface area contributed by atoms with Crippen LogP contribution in [-0.4, -0.2) is 163 Å². The van der Waals surface area contributed by atoms with Gasteiger partial charge in [0, 0.05) is 34.4 Å². The van der Waals surface area contributed by atoms with E-state index in [1.807, 2.05) is 0 Å². The van der Waals surface area contributed by atoms with Crippen LogP contribution in [0.5, 0.6) is 0 Å². The molecule has 36 heteroatoms. The number of sulfone groups is 3. The van der Waals surface area contributed by atoms with Crippen LogP contribution in [0.25, 0.3) is 33.8 Å². The summed E-state index contributed by atoms with van der Waals surface area (Å²) in [5.41, 5.74) is 17.6. The monoisotopic (exact) mass is 1850 g/mol. The lowest BCUT2D eigenvalue weighted by atomic mass is 10.1. The fourth-order valence-corrected chi connectivity index (χ4v) is 13.5. The summed E-state index contributed by atoms with van der Waals surface area (Å²) in [5, 5.41) is 21.2. The molecule has 0 fully saturated rings. The van der Waals surface area contributed by atoms with E-state index in [0.29, 0.717) is 65.1 Å². The molecule has 0 aliphatic heterocycles. The van der Waals surface area contributed by atoms with Crippen molar-refractivity contribution in [3.8, 4) is 69.8 Å². The summed E-state index contributed by atoms with van der Waals surface area (Å²) in [6.07, 6.45) is 6.31. The third-order valence-electron chi connectivity index (χ3n) is 16.4. The van der Waals surface area contributed by atoms with E-state index in [1.165, 1.54) is 49.1 Å². The van der Waals surface area contributed by atoms with Crippen LogP contribution in [0.2, 0.25) is 0 Å². The number of nitrogens with zero attached hydrogens (tertiary/aromatic N) is 10. The van der Waals surface area contributed by atoms with E-state index >= 15 is 0 Å². The van der Waals surface area contributed by atoms with Gasteiger partial charge in [0.15, 0.2) is 64.0 Å².